The van der Waals surface area contributed by atoms with Gasteiger partial charge >= 0.3 is 41.6 Å². The van der Waals surface area contributed by atoms with Crippen LogP contribution in [-0.2, 0) is 19.1 Å². The quantitative estimate of drug-likeness (QED) is 0.192. The molecule has 0 saturated carbocycles. The molecule has 1 unspecified atom stereocenters. The minimum atomic E-state index is -1.31. The first-order chi connectivity index (χ1) is 13.7. The van der Waals surface area contributed by atoms with Crippen molar-refractivity contribution in [1.82, 2.24) is 20.0 Å². The third-order valence-electron chi connectivity index (χ3n) is 5.24. The summed E-state index contributed by atoms with van der Waals surface area (Å²) >= 11 is 5.34. The molecule has 0 aliphatic carbocycles. The van der Waals surface area contributed by atoms with Gasteiger partial charge in [-0.25, -0.2) is 9.59 Å². The van der Waals surface area contributed by atoms with Crippen LogP contribution in [0.5, 0.6) is 0 Å². The van der Waals surface area contributed by atoms with Crippen LogP contribution in [0.1, 0.15) is 18.1 Å². The normalized spacial score (nSPS) is 25.2. The average molecular weight is 464 g/mol. The number of hydrogen-bond acceptors (Lipinski definition) is 10. The second kappa shape index (κ2) is 8.34. The van der Waals surface area contributed by atoms with E-state index in [2.05, 4.69) is 22.8 Å². The largest absolute Gasteiger partial charge is 1.00 e. The fraction of sp³-hybridized carbons (Fsp3) is 0.467. The SMILES string of the molecule is NC(=O)OCC1=C(C(=O)O)N2C(=O)[C@@H]3[C@H]2[C@H](C1)CN3C(=O)C(S)c1nnc(N)s1.[H-].[Na+]. The first kappa shape index (κ1) is 22.8. The van der Waals surface area contributed by atoms with Gasteiger partial charge in [0.05, 0.1) is 6.04 Å². The number of β-lactam (4-membered cyclic amide) rings is 1. The van der Waals surface area contributed by atoms with Crippen molar-refractivity contribution in [3.63, 3.8) is 0 Å². The van der Waals surface area contributed by atoms with Crippen molar-refractivity contribution in [2.75, 3.05) is 18.9 Å². The van der Waals surface area contributed by atoms with Gasteiger partial charge in [-0.3, -0.25) is 14.5 Å². The van der Waals surface area contributed by atoms with E-state index in [1.165, 1.54) is 9.80 Å². The molecule has 3 amide bonds. The van der Waals surface area contributed by atoms with Gasteiger partial charge < -0.3 is 27.6 Å². The molecule has 2 fully saturated rings. The molecule has 2 saturated heterocycles. The number of rotatable bonds is 5. The molecule has 156 valence electrons. The van der Waals surface area contributed by atoms with E-state index in [0.29, 0.717) is 5.01 Å². The van der Waals surface area contributed by atoms with Gasteiger partial charge in [0.15, 0.2) is 0 Å². The second-order valence-corrected chi connectivity index (χ2v) is 8.40. The molecule has 30 heavy (non-hydrogen) atoms. The molecule has 0 bridgehead atoms. The Morgan fingerprint density at radius 2 is 2.10 bits per heavy atom. The molecule has 0 radical (unpaired) electrons. The Kier molecular flexibility index (Phi) is 6.34. The Bertz CT molecular complexity index is 976. The second-order valence-electron chi connectivity index (χ2n) is 6.84. The molecular formula is C15H17N6NaO6S2. The monoisotopic (exact) mass is 464 g/mol. The molecule has 5 N–H and O–H groups in total. The summed E-state index contributed by atoms with van der Waals surface area (Å²) in [4.78, 5) is 51.0. The van der Waals surface area contributed by atoms with Crippen LogP contribution in [0, 0.1) is 5.92 Å². The third-order valence-corrected chi connectivity index (χ3v) is 6.70. The first-order valence-corrected chi connectivity index (χ1v) is 9.82. The van der Waals surface area contributed by atoms with Crippen LogP contribution in [-0.4, -0.2) is 74.2 Å². The number of thiol groups is 1. The number of amides is 3. The number of aromatic nitrogens is 2. The summed E-state index contributed by atoms with van der Waals surface area (Å²) in [5.41, 5.74) is 10.6. The van der Waals surface area contributed by atoms with E-state index in [1.807, 2.05) is 0 Å². The number of aliphatic carboxylic acids is 1. The Hall–Kier alpha value is -1.87. The molecule has 12 nitrogen and oxygen atoms in total. The Morgan fingerprint density at radius 1 is 1.40 bits per heavy atom. The van der Waals surface area contributed by atoms with Crippen molar-refractivity contribution < 1.29 is 60.0 Å². The van der Waals surface area contributed by atoms with Crippen molar-refractivity contribution in [3.8, 4) is 0 Å². The van der Waals surface area contributed by atoms with E-state index in [0.717, 1.165) is 11.3 Å². The zero-order valence-corrected chi connectivity index (χ0v) is 19.4. The number of ether oxygens (including phenoxy) is 1. The molecule has 4 atom stereocenters. The Labute approximate surface area is 202 Å². The number of nitrogens with two attached hydrogens (primary N) is 2. The predicted octanol–water partition coefficient (Wildman–Crippen LogP) is -3.92. The summed E-state index contributed by atoms with van der Waals surface area (Å²) in [6.07, 6.45) is -0.790. The van der Waals surface area contributed by atoms with Crippen molar-refractivity contribution in [1.29, 1.82) is 0 Å². The van der Waals surface area contributed by atoms with Gasteiger partial charge in [-0.15, -0.1) is 10.2 Å². The van der Waals surface area contributed by atoms with Crippen LogP contribution in [0.3, 0.4) is 0 Å². The van der Waals surface area contributed by atoms with Gasteiger partial charge in [0, 0.05) is 12.5 Å². The first-order valence-electron chi connectivity index (χ1n) is 8.48. The molecule has 15 heteroatoms. The van der Waals surface area contributed by atoms with Crippen molar-refractivity contribution in [3.05, 3.63) is 16.3 Å². The zero-order chi connectivity index (χ0) is 21.0. The standard InChI is InChI=1S/C15H16N6O6S2.Na.H/c16-14-19-18-10(29-14)9(28)12(23)20-2-4-1-5(3-27-15(17)26)7(13(24)25)21-6(4)8(20)11(21)22;;/h4,6,8-9,28H,1-3H2,(H2,16,19)(H2,17,26)(H,24,25);;/q;+1;-1/t4-,6-,8+,9?;;/m1../s1. The van der Waals surface area contributed by atoms with Crippen LogP contribution >= 0.6 is 24.0 Å². The van der Waals surface area contributed by atoms with Gasteiger partial charge in [0.25, 0.3) is 5.91 Å². The molecule has 3 aliphatic rings. The van der Waals surface area contributed by atoms with Crippen LogP contribution < -0.4 is 41.0 Å². The predicted molar refractivity (Wildman–Crippen MR) is 102 cm³/mol. The van der Waals surface area contributed by atoms with Crippen molar-refractivity contribution in [2.24, 2.45) is 11.7 Å². The van der Waals surface area contributed by atoms with Crippen molar-refractivity contribution in [2.45, 2.75) is 23.8 Å². The van der Waals surface area contributed by atoms with Gasteiger partial charge in [-0.05, 0) is 12.0 Å². The van der Waals surface area contributed by atoms with E-state index in [9.17, 15) is 24.3 Å². The maximum atomic E-state index is 13.0. The molecule has 0 aromatic carbocycles. The Morgan fingerprint density at radius 3 is 2.67 bits per heavy atom. The fourth-order valence-electron chi connectivity index (χ4n) is 4.17. The number of carbonyl (C=O) groups excluding carboxylic acids is 3. The van der Waals surface area contributed by atoms with E-state index < -0.39 is 41.2 Å². The molecular weight excluding hydrogens is 447 g/mol. The Balaban J connectivity index is 0.00000171. The van der Waals surface area contributed by atoms with E-state index in [-0.39, 0.29) is 72.9 Å². The zero-order valence-electron chi connectivity index (χ0n) is 16.7. The van der Waals surface area contributed by atoms with Crippen LogP contribution in [0.25, 0.3) is 0 Å². The maximum absolute atomic E-state index is 13.0. The van der Waals surface area contributed by atoms with Gasteiger partial charge in [0.1, 0.15) is 28.6 Å². The van der Waals surface area contributed by atoms with Crippen LogP contribution in [0.4, 0.5) is 9.93 Å². The number of nitrogen functional groups attached to an aromatic ring is 1. The molecule has 1 aromatic heterocycles. The minimum absolute atomic E-state index is 0. The number of carboxylic acids is 1. The number of hydrogen-bond donors (Lipinski definition) is 4. The molecule has 3 aliphatic heterocycles. The number of carboxylic acid groups (broad SMARTS) is 1. The van der Waals surface area contributed by atoms with Gasteiger partial charge in [-0.2, -0.15) is 12.6 Å². The number of carbonyl (C=O) groups is 4. The molecule has 0 spiro atoms. The summed E-state index contributed by atoms with van der Waals surface area (Å²) in [5, 5.41) is 16.6. The van der Waals surface area contributed by atoms with Gasteiger partial charge in [-0.1, -0.05) is 11.3 Å². The summed E-state index contributed by atoms with van der Waals surface area (Å²) in [5.74, 6) is -2.43. The van der Waals surface area contributed by atoms with E-state index >= 15 is 0 Å². The molecule has 1 aromatic rings. The maximum Gasteiger partial charge on any atom is 1.00 e. The number of primary amides is 1. The fourth-order valence-corrected chi connectivity index (χ4v) is 5.12. The van der Waals surface area contributed by atoms with E-state index in [4.69, 9.17) is 16.2 Å². The topological polar surface area (TPSA) is 182 Å². The summed E-state index contributed by atoms with van der Waals surface area (Å²) in [6, 6.07) is -1.21. The summed E-state index contributed by atoms with van der Waals surface area (Å²) in [6.45, 7) is -0.101. The number of likely N-dealkylation sites (tertiary alicyclic amines) is 1. The number of nitrogens with zero attached hydrogens (tertiary/aromatic N) is 4. The van der Waals surface area contributed by atoms with Crippen LogP contribution in [0.15, 0.2) is 11.3 Å². The van der Waals surface area contributed by atoms with Crippen molar-refractivity contribution >= 4 is 53.0 Å². The molecule has 4 rings (SSSR count). The smallest absolute Gasteiger partial charge is 1.00 e. The average Bonchev–Trinajstić information content (AvgIpc) is 3.25. The number of anilines is 1. The van der Waals surface area contributed by atoms with Gasteiger partial charge in [0.2, 0.25) is 11.0 Å². The molecule has 4 heterocycles. The van der Waals surface area contributed by atoms with Crippen LogP contribution in [0.2, 0.25) is 0 Å². The third kappa shape index (κ3) is 3.56. The summed E-state index contributed by atoms with van der Waals surface area (Å²) in [7, 11) is 0. The van der Waals surface area contributed by atoms with E-state index in [1.54, 1.807) is 0 Å². The summed E-state index contributed by atoms with van der Waals surface area (Å²) < 4.78 is 4.75. The minimum Gasteiger partial charge on any atom is -1.00 e.